The van der Waals surface area contributed by atoms with Gasteiger partial charge in [-0.05, 0) is 61.7 Å². The molecule has 0 aromatic heterocycles. The molecule has 5 atom stereocenters. The van der Waals surface area contributed by atoms with Gasteiger partial charge in [-0.2, -0.15) is 0 Å². The van der Waals surface area contributed by atoms with Gasteiger partial charge in [0.05, 0.1) is 0 Å². The van der Waals surface area contributed by atoms with Crippen LogP contribution in [0.25, 0.3) is 0 Å². The summed E-state index contributed by atoms with van der Waals surface area (Å²) < 4.78 is 0. The molecule has 1 heterocycles. The maximum Gasteiger partial charge on any atom is 0.245 e. The maximum atomic E-state index is 13.9. The fourth-order valence-electron chi connectivity index (χ4n) is 5.47. The minimum Gasteiger partial charge on any atom is -0.343 e. The van der Waals surface area contributed by atoms with Crippen molar-refractivity contribution in [3.8, 4) is 0 Å². The summed E-state index contributed by atoms with van der Waals surface area (Å²) in [6.07, 6.45) is 1.90. The van der Waals surface area contributed by atoms with Crippen molar-refractivity contribution in [1.29, 1.82) is 0 Å². The van der Waals surface area contributed by atoms with Crippen molar-refractivity contribution in [1.82, 2.24) is 25.8 Å². The van der Waals surface area contributed by atoms with E-state index in [1.807, 2.05) is 69.2 Å². The number of hydrogen-bond acceptors (Lipinski definition) is 5. The summed E-state index contributed by atoms with van der Waals surface area (Å²) in [6, 6.07) is -4.29. The number of hydrogen-bond donors (Lipinski definition) is 3. The van der Waals surface area contributed by atoms with Crippen molar-refractivity contribution >= 4 is 29.5 Å². The lowest BCUT2D eigenvalue weighted by Crippen LogP contribution is -2.58. The molecule has 0 unspecified atom stereocenters. The van der Waals surface area contributed by atoms with Crippen molar-refractivity contribution in [2.24, 2.45) is 29.6 Å². The molecule has 0 aromatic carbocycles. The zero-order chi connectivity index (χ0) is 32.5. The third-order valence-electron chi connectivity index (χ3n) is 7.61. The van der Waals surface area contributed by atoms with Gasteiger partial charge in [-0.15, -0.1) is 0 Å². The Labute approximate surface area is 254 Å². The number of carbonyl (C=O) groups is 5. The fourth-order valence-corrected chi connectivity index (χ4v) is 5.47. The molecule has 1 fully saturated rings. The van der Waals surface area contributed by atoms with E-state index in [9.17, 15) is 24.0 Å². The number of nitrogens with zero attached hydrogens (tertiary/aromatic N) is 2. The predicted molar refractivity (Wildman–Crippen MR) is 166 cm³/mol. The van der Waals surface area contributed by atoms with Crippen LogP contribution in [0, 0.1) is 29.6 Å². The van der Waals surface area contributed by atoms with Crippen molar-refractivity contribution < 1.29 is 24.0 Å². The van der Waals surface area contributed by atoms with E-state index in [-0.39, 0.29) is 41.4 Å². The first-order valence-electron chi connectivity index (χ1n) is 15.8. The zero-order valence-electron chi connectivity index (χ0n) is 28.2. The van der Waals surface area contributed by atoms with Gasteiger partial charge in [0.1, 0.15) is 30.2 Å². The van der Waals surface area contributed by atoms with Crippen molar-refractivity contribution in [2.75, 3.05) is 14.1 Å². The molecule has 242 valence electrons. The normalized spacial score (nSPS) is 25.7. The lowest BCUT2D eigenvalue weighted by Gasteiger charge is -2.35. The van der Waals surface area contributed by atoms with Crippen LogP contribution in [0.5, 0.6) is 0 Å². The Morgan fingerprint density at radius 2 is 0.714 bits per heavy atom. The van der Waals surface area contributed by atoms with Crippen molar-refractivity contribution in [2.45, 2.75) is 132 Å². The molecular weight excluding hydrogens is 534 g/mol. The van der Waals surface area contributed by atoms with Gasteiger partial charge >= 0.3 is 0 Å². The van der Waals surface area contributed by atoms with Crippen molar-refractivity contribution in [3.63, 3.8) is 0 Å². The second kappa shape index (κ2) is 16.8. The Balaban J connectivity index is 3.80. The van der Waals surface area contributed by atoms with E-state index >= 15 is 0 Å². The molecule has 10 nitrogen and oxygen atoms in total. The van der Waals surface area contributed by atoms with Crippen molar-refractivity contribution in [3.05, 3.63) is 0 Å². The van der Waals surface area contributed by atoms with Gasteiger partial charge in [0.2, 0.25) is 29.5 Å². The molecule has 1 aliphatic heterocycles. The van der Waals surface area contributed by atoms with Gasteiger partial charge < -0.3 is 25.8 Å². The smallest absolute Gasteiger partial charge is 0.245 e. The molecule has 5 amide bonds. The summed E-state index contributed by atoms with van der Waals surface area (Å²) in [6.45, 7) is 19.7. The molecule has 42 heavy (non-hydrogen) atoms. The molecule has 1 rings (SSSR count). The Hall–Kier alpha value is -2.65. The number of likely N-dealkylation sites (N-methyl/N-ethyl adjacent to an activating group) is 2. The zero-order valence-corrected chi connectivity index (χ0v) is 28.2. The molecule has 1 saturated heterocycles. The van der Waals surface area contributed by atoms with E-state index in [4.69, 9.17) is 0 Å². The summed E-state index contributed by atoms with van der Waals surface area (Å²) in [4.78, 5) is 72.0. The van der Waals surface area contributed by atoms with Gasteiger partial charge in [0.15, 0.2) is 0 Å². The largest absolute Gasteiger partial charge is 0.343 e. The molecule has 10 heteroatoms. The van der Waals surface area contributed by atoms with Crippen LogP contribution in [0.15, 0.2) is 0 Å². The highest BCUT2D eigenvalue weighted by atomic mass is 16.2. The Kier molecular flexibility index (Phi) is 15.0. The minimum absolute atomic E-state index is 0.0839. The Bertz CT molecular complexity index is 932. The highest BCUT2D eigenvalue weighted by molar-refractivity contribution is 5.97. The summed E-state index contributed by atoms with van der Waals surface area (Å²) in [7, 11) is 3.17. The average Bonchev–Trinajstić information content (AvgIpc) is 2.85. The Morgan fingerprint density at radius 1 is 0.452 bits per heavy atom. The van der Waals surface area contributed by atoms with Gasteiger partial charge in [0, 0.05) is 14.1 Å². The monoisotopic (exact) mass is 593 g/mol. The first-order chi connectivity index (χ1) is 19.3. The van der Waals surface area contributed by atoms with Crippen LogP contribution in [0.2, 0.25) is 0 Å². The van der Waals surface area contributed by atoms with Crippen LogP contribution < -0.4 is 16.0 Å². The molecule has 3 N–H and O–H groups in total. The summed E-state index contributed by atoms with van der Waals surface area (Å²) in [5, 5.41) is 8.78. The van der Waals surface area contributed by atoms with E-state index in [1.165, 1.54) is 9.80 Å². The van der Waals surface area contributed by atoms with Crippen LogP contribution in [-0.2, 0) is 24.0 Å². The highest BCUT2D eigenvalue weighted by Crippen LogP contribution is 2.20. The second-order valence-corrected chi connectivity index (χ2v) is 14.3. The first-order valence-corrected chi connectivity index (χ1v) is 15.8. The summed E-state index contributed by atoms with van der Waals surface area (Å²) >= 11 is 0. The van der Waals surface area contributed by atoms with Crippen LogP contribution in [0.1, 0.15) is 101 Å². The second-order valence-electron chi connectivity index (χ2n) is 14.3. The summed E-state index contributed by atoms with van der Waals surface area (Å²) in [5.74, 6) is -1.59. The number of carbonyl (C=O) groups excluding carboxylic acids is 5. The highest BCUT2D eigenvalue weighted by Gasteiger charge is 2.39. The van der Waals surface area contributed by atoms with E-state index in [0.29, 0.717) is 32.1 Å². The SMILES string of the molecule is CC(C)C[C@@H]1NC(=O)[C@@H](CC(C)C)N(C)C(=O)[C@H](CC(C)C)NC(=O)[C@@H](CC(C)C)N(C)C(=O)[C@@H](CC(C)C)NC1=O. The lowest BCUT2D eigenvalue weighted by molar-refractivity contribution is -0.145. The molecule has 0 spiro atoms. The topological polar surface area (TPSA) is 128 Å². The molecular formula is C32H59N5O5. The first kappa shape index (κ1) is 37.4. The predicted octanol–water partition coefficient (Wildman–Crippen LogP) is 3.34. The van der Waals surface area contributed by atoms with Gasteiger partial charge in [-0.3, -0.25) is 24.0 Å². The number of nitrogens with one attached hydrogen (secondary N) is 3. The fraction of sp³-hybridized carbons (Fsp3) is 0.844. The Morgan fingerprint density at radius 3 is 1.02 bits per heavy atom. The number of rotatable bonds is 10. The van der Waals surface area contributed by atoms with Gasteiger partial charge in [-0.25, -0.2) is 0 Å². The molecule has 0 aromatic rings. The number of amides is 5. The van der Waals surface area contributed by atoms with Gasteiger partial charge in [-0.1, -0.05) is 69.2 Å². The van der Waals surface area contributed by atoms with Crippen LogP contribution in [0.4, 0.5) is 0 Å². The quantitative estimate of drug-likeness (QED) is 0.358. The third-order valence-corrected chi connectivity index (χ3v) is 7.61. The van der Waals surface area contributed by atoms with Crippen LogP contribution in [0.3, 0.4) is 0 Å². The maximum absolute atomic E-state index is 13.9. The standard InChI is InChI=1S/C32H59N5O5/c1-18(2)13-23-28(38)34-24(14-19(3)4)31(41)37(12)27(17-22(9)10)30(40)35-25(15-20(5)6)32(42)36(11)26(16-21(7)8)29(39)33-23/h18-27H,13-17H2,1-12H3,(H,33,39)(H,34,38)(H,35,40)/t23-,24+,25-,26+,27+/m0/s1. The molecule has 0 radical (unpaired) electrons. The van der Waals surface area contributed by atoms with E-state index < -0.39 is 47.9 Å². The third kappa shape index (κ3) is 11.6. The lowest BCUT2D eigenvalue weighted by atomic mass is 9.96. The summed E-state index contributed by atoms with van der Waals surface area (Å²) in [5.41, 5.74) is 0. The molecule has 0 aliphatic carbocycles. The molecule has 0 saturated carbocycles. The van der Waals surface area contributed by atoms with E-state index in [1.54, 1.807) is 14.1 Å². The van der Waals surface area contributed by atoms with E-state index in [0.717, 1.165) is 0 Å². The van der Waals surface area contributed by atoms with Crippen LogP contribution >= 0.6 is 0 Å². The minimum atomic E-state index is -0.883. The average molecular weight is 594 g/mol. The van der Waals surface area contributed by atoms with E-state index in [2.05, 4.69) is 16.0 Å². The van der Waals surface area contributed by atoms with Gasteiger partial charge in [0.25, 0.3) is 0 Å². The molecule has 0 bridgehead atoms. The molecule has 1 aliphatic rings. The van der Waals surface area contributed by atoms with Crippen LogP contribution in [-0.4, -0.2) is 83.6 Å².